The van der Waals surface area contributed by atoms with E-state index in [4.69, 9.17) is 0 Å². The number of halogens is 2. The fourth-order valence-electron chi connectivity index (χ4n) is 2.67. The second-order valence-corrected chi connectivity index (χ2v) is 6.50. The van der Waals surface area contributed by atoms with Crippen LogP contribution in [0.2, 0.25) is 0 Å². The number of carbonyl (C=O) groups excluding carboxylic acids is 1. The molecule has 0 saturated carbocycles. The highest BCUT2D eigenvalue weighted by Gasteiger charge is 2.26. The molecule has 1 saturated heterocycles. The van der Waals surface area contributed by atoms with Gasteiger partial charge in [-0.25, -0.2) is 13.8 Å². The molecule has 5 nitrogen and oxygen atoms in total. The van der Waals surface area contributed by atoms with Crippen LogP contribution in [0.15, 0.2) is 29.8 Å². The van der Waals surface area contributed by atoms with E-state index in [9.17, 15) is 13.6 Å². The SMILES string of the molecule is C[C@H](C(=O)Nc1cc(F)ccc1F)N1CCN(c2nccs2)CC1. The molecule has 1 aromatic carbocycles. The van der Waals surface area contributed by atoms with E-state index in [1.165, 1.54) is 0 Å². The Morgan fingerprint density at radius 3 is 2.71 bits per heavy atom. The maximum atomic E-state index is 13.6. The zero-order valence-corrected chi connectivity index (χ0v) is 14.0. The summed E-state index contributed by atoms with van der Waals surface area (Å²) in [7, 11) is 0. The third kappa shape index (κ3) is 3.70. The van der Waals surface area contributed by atoms with Gasteiger partial charge in [0.1, 0.15) is 11.6 Å². The summed E-state index contributed by atoms with van der Waals surface area (Å²) < 4.78 is 26.8. The fourth-order valence-corrected chi connectivity index (χ4v) is 3.37. The third-order valence-electron chi connectivity index (χ3n) is 4.12. The second-order valence-electron chi connectivity index (χ2n) is 5.63. The molecule has 1 aromatic heterocycles. The lowest BCUT2D eigenvalue weighted by molar-refractivity contribution is -0.120. The van der Waals surface area contributed by atoms with Gasteiger partial charge in [0, 0.05) is 43.8 Å². The Morgan fingerprint density at radius 1 is 1.29 bits per heavy atom. The molecule has 1 aliphatic rings. The quantitative estimate of drug-likeness (QED) is 0.919. The largest absolute Gasteiger partial charge is 0.346 e. The Labute approximate surface area is 142 Å². The molecule has 24 heavy (non-hydrogen) atoms. The van der Waals surface area contributed by atoms with E-state index in [-0.39, 0.29) is 11.6 Å². The number of hydrogen-bond donors (Lipinski definition) is 1. The van der Waals surface area contributed by atoms with E-state index in [2.05, 4.69) is 15.2 Å². The Kier molecular flexibility index (Phi) is 5.06. The number of piperazine rings is 1. The Hall–Kier alpha value is -2.06. The van der Waals surface area contributed by atoms with Crippen molar-refractivity contribution in [3.05, 3.63) is 41.4 Å². The lowest BCUT2D eigenvalue weighted by atomic mass is 10.2. The Morgan fingerprint density at radius 2 is 2.04 bits per heavy atom. The number of carbonyl (C=O) groups is 1. The normalized spacial score (nSPS) is 16.9. The van der Waals surface area contributed by atoms with Crippen LogP contribution >= 0.6 is 11.3 Å². The van der Waals surface area contributed by atoms with Gasteiger partial charge in [0.25, 0.3) is 0 Å². The van der Waals surface area contributed by atoms with Gasteiger partial charge in [-0.3, -0.25) is 9.69 Å². The summed E-state index contributed by atoms with van der Waals surface area (Å²) in [6.45, 7) is 4.74. The Balaban J connectivity index is 1.57. The van der Waals surface area contributed by atoms with Crippen LogP contribution in [0.25, 0.3) is 0 Å². The molecule has 0 radical (unpaired) electrons. The maximum absolute atomic E-state index is 13.6. The molecular formula is C16H18F2N4OS. The molecule has 1 fully saturated rings. The predicted molar refractivity (Wildman–Crippen MR) is 90.3 cm³/mol. The average molecular weight is 352 g/mol. The monoisotopic (exact) mass is 352 g/mol. The first-order chi connectivity index (χ1) is 11.5. The van der Waals surface area contributed by atoms with Crippen LogP contribution in [-0.2, 0) is 4.79 Å². The van der Waals surface area contributed by atoms with Crippen LogP contribution < -0.4 is 10.2 Å². The zero-order chi connectivity index (χ0) is 17.1. The summed E-state index contributed by atoms with van der Waals surface area (Å²) in [5.41, 5.74) is -0.131. The van der Waals surface area contributed by atoms with Crippen molar-refractivity contribution >= 4 is 28.1 Å². The van der Waals surface area contributed by atoms with Crippen molar-refractivity contribution < 1.29 is 13.6 Å². The van der Waals surface area contributed by atoms with Crippen LogP contribution in [0.4, 0.5) is 19.6 Å². The number of rotatable bonds is 4. The minimum Gasteiger partial charge on any atom is -0.346 e. The van der Waals surface area contributed by atoms with Crippen LogP contribution in [-0.4, -0.2) is 48.0 Å². The highest BCUT2D eigenvalue weighted by Crippen LogP contribution is 2.20. The molecule has 1 N–H and O–H groups in total. The van der Waals surface area contributed by atoms with Gasteiger partial charge in [-0.05, 0) is 19.1 Å². The first kappa shape index (κ1) is 16.8. The number of amides is 1. The maximum Gasteiger partial charge on any atom is 0.241 e. The van der Waals surface area contributed by atoms with Gasteiger partial charge in [-0.1, -0.05) is 0 Å². The van der Waals surface area contributed by atoms with Gasteiger partial charge in [-0.2, -0.15) is 0 Å². The van der Waals surface area contributed by atoms with Gasteiger partial charge in [0.2, 0.25) is 5.91 Å². The lowest BCUT2D eigenvalue weighted by Crippen LogP contribution is -2.52. The summed E-state index contributed by atoms with van der Waals surface area (Å²) in [5, 5.41) is 5.38. The topological polar surface area (TPSA) is 48.5 Å². The van der Waals surface area contributed by atoms with Gasteiger partial charge in [-0.15, -0.1) is 11.3 Å². The molecule has 0 spiro atoms. The van der Waals surface area contributed by atoms with Crippen molar-refractivity contribution in [3.8, 4) is 0 Å². The molecule has 1 atom stereocenters. The van der Waals surface area contributed by atoms with Crippen molar-refractivity contribution in [2.24, 2.45) is 0 Å². The highest BCUT2D eigenvalue weighted by atomic mass is 32.1. The van der Waals surface area contributed by atoms with Gasteiger partial charge in [0.15, 0.2) is 5.13 Å². The van der Waals surface area contributed by atoms with Crippen molar-refractivity contribution in [1.29, 1.82) is 0 Å². The van der Waals surface area contributed by atoms with Crippen LogP contribution in [0.1, 0.15) is 6.92 Å². The highest BCUT2D eigenvalue weighted by molar-refractivity contribution is 7.13. The average Bonchev–Trinajstić information content (AvgIpc) is 3.12. The summed E-state index contributed by atoms with van der Waals surface area (Å²) in [4.78, 5) is 20.8. The number of nitrogens with zero attached hydrogens (tertiary/aromatic N) is 3. The lowest BCUT2D eigenvalue weighted by Gasteiger charge is -2.37. The minimum atomic E-state index is -0.648. The predicted octanol–water partition coefficient (Wildman–Crippen LogP) is 2.57. The smallest absolute Gasteiger partial charge is 0.241 e. The molecule has 0 aliphatic carbocycles. The molecule has 1 aliphatic heterocycles. The van der Waals surface area contributed by atoms with Crippen LogP contribution in [0.5, 0.6) is 0 Å². The van der Waals surface area contributed by atoms with E-state index >= 15 is 0 Å². The second kappa shape index (κ2) is 7.23. The van der Waals surface area contributed by atoms with Gasteiger partial charge in [0.05, 0.1) is 11.7 Å². The van der Waals surface area contributed by atoms with Crippen molar-refractivity contribution in [3.63, 3.8) is 0 Å². The number of hydrogen-bond acceptors (Lipinski definition) is 5. The van der Waals surface area contributed by atoms with Crippen LogP contribution in [0.3, 0.4) is 0 Å². The number of anilines is 2. The molecule has 3 rings (SSSR count). The number of aromatic nitrogens is 1. The molecule has 1 amide bonds. The van der Waals surface area contributed by atoms with Crippen LogP contribution in [0, 0.1) is 11.6 Å². The molecular weight excluding hydrogens is 334 g/mol. The minimum absolute atomic E-state index is 0.131. The summed E-state index contributed by atoms with van der Waals surface area (Å²) in [5.74, 6) is -1.58. The first-order valence-electron chi connectivity index (χ1n) is 7.69. The third-order valence-corrected chi connectivity index (χ3v) is 4.95. The fraction of sp³-hybridized carbons (Fsp3) is 0.375. The molecule has 2 aromatic rings. The standard InChI is InChI=1S/C16H18F2N4OS/c1-11(15(23)20-14-10-12(17)2-3-13(14)18)21-5-7-22(8-6-21)16-19-4-9-24-16/h2-4,9-11H,5-8H2,1H3,(H,20,23)/t11-/m1/s1. The summed E-state index contributed by atoms with van der Waals surface area (Å²) in [6, 6.07) is 2.58. The molecule has 2 heterocycles. The van der Waals surface area contributed by atoms with E-state index in [0.717, 1.165) is 36.4 Å². The van der Waals surface area contributed by atoms with E-state index in [1.807, 2.05) is 10.3 Å². The van der Waals surface area contributed by atoms with Crippen molar-refractivity contribution in [2.45, 2.75) is 13.0 Å². The van der Waals surface area contributed by atoms with Crippen molar-refractivity contribution in [1.82, 2.24) is 9.88 Å². The molecule has 8 heteroatoms. The van der Waals surface area contributed by atoms with Gasteiger partial charge < -0.3 is 10.2 Å². The number of thiazole rings is 1. The number of nitrogens with one attached hydrogen (secondary N) is 1. The molecule has 0 unspecified atom stereocenters. The Bertz CT molecular complexity index is 702. The van der Waals surface area contributed by atoms with E-state index in [0.29, 0.717) is 13.1 Å². The summed E-state index contributed by atoms with van der Waals surface area (Å²) >= 11 is 1.59. The molecule has 0 bridgehead atoms. The zero-order valence-electron chi connectivity index (χ0n) is 13.2. The molecule has 128 valence electrons. The van der Waals surface area contributed by atoms with E-state index < -0.39 is 17.7 Å². The number of benzene rings is 1. The van der Waals surface area contributed by atoms with Crippen molar-refractivity contribution in [2.75, 3.05) is 36.4 Å². The van der Waals surface area contributed by atoms with Gasteiger partial charge >= 0.3 is 0 Å². The summed E-state index contributed by atoms with van der Waals surface area (Å²) in [6.07, 6.45) is 1.77. The van der Waals surface area contributed by atoms with E-state index in [1.54, 1.807) is 24.5 Å². The first-order valence-corrected chi connectivity index (χ1v) is 8.57.